The van der Waals surface area contributed by atoms with Crippen molar-refractivity contribution in [2.45, 2.75) is 45.6 Å². The molecule has 1 amide bonds. The summed E-state index contributed by atoms with van der Waals surface area (Å²) in [5.41, 5.74) is 2.49. The van der Waals surface area contributed by atoms with Gasteiger partial charge in [-0.3, -0.25) is 9.59 Å². The Balaban J connectivity index is 1.86. The Morgan fingerprint density at radius 3 is 2.21 bits per heavy atom. The maximum absolute atomic E-state index is 12.2. The minimum absolute atomic E-state index is 0.0177. The third kappa shape index (κ3) is 5.34. The summed E-state index contributed by atoms with van der Waals surface area (Å²) in [7, 11) is 0. The number of aryl methyl sites for hydroxylation is 1. The van der Waals surface area contributed by atoms with E-state index in [9.17, 15) is 9.59 Å². The highest BCUT2D eigenvalue weighted by molar-refractivity contribution is 5.99. The summed E-state index contributed by atoms with van der Waals surface area (Å²) in [5, 5.41) is 3.04. The summed E-state index contributed by atoms with van der Waals surface area (Å²) in [4.78, 5) is 24.5. The fourth-order valence-electron chi connectivity index (χ4n) is 2.84. The van der Waals surface area contributed by atoms with E-state index < -0.39 is 0 Å². The van der Waals surface area contributed by atoms with Gasteiger partial charge in [0.05, 0.1) is 0 Å². The normalized spacial score (nSPS) is 11.1. The molecule has 0 aliphatic heterocycles. The number of ketones is 1. The van der Waals surface area contributed by atoms with Crippen LogP contribution in [-0.2, 0) is 11.2 Å². The Morgan fingerprint density at radius 1 is 0.917 bits per heavy atom. The first kappa shape index (κ1) is 17.9. The molecular formula is C21H25NO2. The van der Waals surface area contributed by atoms with Gasteiger partial charge >= 0.3 is 0 Å². The third-order valence-electron chi connectivity index (χ3n) is 3.99. The SMILES string of the molecule is Cc1ccccc1C(=O)CCC(=O)NC(C)(C)Cc1ccccc1. The second kappa shape index (κ2) is 7.91. The van der Waals surface area contributed by atoms with Crippen LogP contribution in [0.3, 0.4) is 0 Å². The van der Waals surface area contributed by atoms with Crippen LogP contribution < -0.4 is 5.32 Å². The molecule has 2 aromatic carbocycles. The molecule has 0 spiro atoms. The highest BCUT2D eigenvalue weighted by Gasteiger charge is 2.21. The van der Waals surface area contributed by atoms with Crippen molar-refractivity contribution in [2.75, 3.05) is 0 Å². The third-order valence-corrected chi connectivity index (χ3v) is 3.99. The molecule has 3 heteroatoms. The quantitative estimate of drug-likeness (QED) is 0.780. The van der Waals surface area contributed by atoms with Gasteiger partial charge in [-0.05, 0) is 38.3 Å². The van der Waals surface area contributed by atoms with E-state index in [1.807, 2.05) is 63.2 Å². The van der Waals surface area contributed by atoms with E-state index in [0.29, 0.717) is 5.56 Å². The standard InChI is InChI=1S/C21H25NO2/c1-16-9-7-8-12-18(16)19(23)13-14-20(24)22-21(2,3)15-17-10-5-4-6-11-17/h4-12H,13-15H2,1-3H3,(H,22,24). The molecule has 0 saturated carbocycles. The van der Waals surface area contributed by atoms with Crippen LogP contribution in [0.25, 0.3) is 0 Å². The molecule has 0 saturated heterocycles. The summed E-state index contributed by atoms with van der Waals surface area (Å²) < 4.78 is 0. The lowest BCUT2D eigenvalue weighted by atomic mass is 9.94. The molecule has 2 aromatic rings. The van der Waals surface area contributed by atoms with Crippen molar-refractivity contribution >= 4 is 11.7 Å². The first-order chi connectivity index (χ1) is 11.4. The maximum Gasteiger partial charge on any atom is 0.220 e. The van der Waals surface area contributed by atoms with Crippen LogP contribution in [0.5, 0.6) is 0 Å². The zero-order valence-electron chi connectivity index (χ0n) is 14.6. The fraction of sp³-hybridized carbons (Fsp3) is 0.333. The predicted octanol–water partition coefficient (Wildman–Crippen LogP) is 4.10. The van der Waals surface area contributed by atoms with Gasteiger partial charge in [-0.2, -0.15) is 0 Å². The Morgan fingerprint density at radius 2 is 1.54 bits per heavy atom. The van der Waals surface area contributed by atoms with E-state index in [-0.39, 0.29) is 30.1 Å². The second-order valence-electron chi connectivity index (χ2n) is 6.83. The van der Waals surface area contributed by atoms with Crippen molar-refractivity contribution in [2.24, 2.45) is 0 Å². The monoisotopic (exact) mass is 323 g/mol. The Labute approximate surface area is 144 Å². The molecule has 126 valence electrons. The fourth-order valence-corrected chi connectivity index (χ4v) is 2.84. The van der Waals surface area contributed by atoms with Gasteiger partial charge in [0.2, 0.25) is 5.91 Å². The van der Waals surface area contributed by atoms with E-state index in [0.717, 1.165) is 12.0 Å². The van der Waals surface area contributed by atoms with Gasteiger partial charge in [0, 0.05) is 23.9 Å². The summed E-state index contributed by atoms with van der Waals surface area (Å²) >= 11 is 0. The molecule has 3 nitrogen and oxygen atoms in total. The predicted molar refractivity (Wildman–Crippen MR) is 97.1 cm³/mol. The lowest BCUT2D eigenvalue weighted by Crippen LogP contribution is -2.45. The summed E-state index contributed by atoms with van der Waals surface area (Å²) in [6.45, 7) is 5.92. The summed E-state index contributed by atoms with van der Waals surface area (Å²) in [6, 6.07) is 17.6. The summed E-state index contributed by atoms with van der Waals surface area (Å²) in [6.07, 6.45) is 1.20. The molecule has 0 atom stereocenters. The first-order valence-corrected chi connectivity index (χ1v) is 8.31. The number of rotatable bonds is 7. The largest absolute Gasteiger partial charge is 0.351 e. The molecule has 0 aromatic heterocycles. The number of carbonyl (C=O) groups is 2. The highest BCUT2D eigenvalue weighted by Crippen LogP contribution is 2.14. The molecule has 0 aliphatic rings. The van der Waals surface area contributed by atoms with Crippen molar-refractivity contribution in [3.05, 3.63) is 71.3 Å². The number of amides is 1. The average Bonchev–Trinajstić information content (AvgIpc) is 2.53. The van der Waals surface area contributed by atoms with Crippen LogP contribution in [0.2, 0.25) is 0 Å². The van der Waals surface area contributed by atoms with Crippen molar-refractivity contribution in [3.8, 4) is 0 Å². The van der Waals surface area contributed by atoms with Crippen molar-refractivity contribution in [1.82, 2.24) is 5.32 Å². The van der Waals surface area contributed by atoms with E-state index in [2.05, 4.69) is 17.4 Å². The van der Waals surface area contributed by atoms with Crippen LogP contribution in [0.1, 0.15) is 48.2 Å². The molecule has 0 heterocycles. The number of benzene rings is 2. The van der Waals surface area contributed by atoms with Gasteiger partial charge < -0.3 is 5.32 Å². The number of nitrogens with one attached hydrogen (secondary N) is 1. The Kier molecular flexibility index (Phi) is 5.91. The van der Waals surface area contributed by atoms with Gasteiger partial charge in [-0.1, -0.05) is 54.6 Å². The Hall–Kier alpha value is -2.42. The zero-order chi connectivity index (χ0) is 17.6. The smallest absolute Gasteiger partial charge is 0.220 e. The van der Waals surface area contributed by atoms with Gasteiger partial charge in [-0.15, -0.1) is 0 Å². The topological polar surface area (TPSA) is 46.2 Å². The lowest BCUT2D eigenvalue weighted by molar-refractivity contribution is -0.122. The number of hydrogen-bond donors (Lipinski definition) is 1. The molecule has 2 rings (SSSR count). The molecule has 0 aliphatic carbocycles. The van der Waals surface area contributed by atoms with Crippen LogP contribution in [0, 0.1) is 6.92 Å². The van der Waals surface area contributed by atoms with E-state index in [1.54, 1.807) is 0 Å². The molecule has 0 fully saturated rings. The minimum atomic E-state index is -0.343. The van der Waals surface area contributed by atoms with E-state index in [1.165, 1.54) is 5.56 Å². The zero-order valence-corrected chi connectivity index (χ0v) is 14.6. The molecule has 24 heavy (non-hydrogen) atoms. The van der Waals surface area contributed by atoms with E-state index >= 15 is 0 Å². The molecule has 0 unspecified atom stereocenters. The van der Waals surface area contributed by atoms with Crippen molar-refractivity contribution in [1.29, 1.82) is 0 Å². The lowest BCUT2D eigenvalue weighted by Gasteiger charge is -2.26. The van der Waals surface area contributed by atoms with Crippen LogP contribution in [-0.4, -0.2) is 17.2 Å². The van der Waals surface area contributed by atoms with Gasteiger partial charge in [-0.25, -0.2) is 0 Å². The maximum atomic E-state index is 12.2. The number of hydrogen-bond acceptors (Lipinski definition) is 2. The van der Waals surface area contributed by atoms with Crippen LogP contribution in [0.15, 0.2) is 54.6 Å². The number of Topliss-reactive ketones (excluding diaryl/α,β-unsaturated/α-hetero) is 1. The molecule has 0 radical (unpaired) electrons. The highest BCUT2D eigenvalue weighted by atomic mass is 16.2. The van der Waals surface area contributed by atoms with E-state index in [4.69, 9.17) is 0 Å². The van der Waals surface area contributed by atoms with Gasteiger partial charge in [0.15, 0.2) is 5.78 Å². The van der Waals surface area contributed by atoms with Crippen molar-refractivity contribution < 1.29 is 9.59 Å². The van der Waals surface area contributed by atoms with Crippen LogP contribution in [0.4, 0.5) is 0 Å². The number of carbonyl (C=O) groups excluding carboxylic acids is 2. The Bertz CT molecular complexity index is 705. The second-order valence-corrected chi connectivity index (χ2v) is 6.83. The summed E-state index contributed by atoms with van der Waals surface area (Å²) in [5.74, 6) is -0.0676. The van der Waals surface area contributed by atoms with Crippen LogP contribution >= 0.6 is 0 Å². The first-order valence-electron chi connectivity index (χ1n) is 8.31. The van der Waals surface area contributed by atoms with Crippen molar-refractivity contribution in [3.63, 3.8) is 0 Å². The molecule has 0 bridgehead atoms. The van der Waals surface area contributed by atoms with Gasteiger partial charge in [0.25, 0.3) is 0 Å². The minimum Gasteiger partial charge on any atom is -0.351 e. The molecular weight excluding hydrogens is 298 g/mol. The average molecular weight is 323 g/mol. The molecule has 1 N–H and O–H groups in total. The van der Waals surface area contributed by atoms with Gasteiger partial charge in [0.1, 0.15) is 0 Å².